The molecule has 0 fully saturated rings. The first-order chi connectivity index (χ1) is 10.5. The van der Waals surface area contributed by atoms with Gasteiger partial charge in [-0.15, -0.1) is 0 Å². The highest BCUT2D eigenvalue weighted by molar-refractivity contribution is 5.89. The molecule has 1 unspecified atom stereocenters. The van der Waals surface area contributed by atoms with Crippen LogP contribution in [0.25, 0.3) is 11.0 Å². The molecule has 2 amide bonds. The maximum Gasteiger partial charge on any atom is 0.319 e. The highest BCUT2D eigenvalue weighted by atomic mass is 16.3. The van der Waals surface area contributed by atoms with Crippen LogP contribution < -0.4 is 10.6 Å². The van der Waals surface area contributed by atoms with E-state index in [1.807, 2.05) is 38.1 Å². The Labute approximate surface area is 128 Å². The summed E-state index contributed by atoms with van der Waals surface area (Å²) in [5.41, 5.74) is 2.52. The van der Waals surface area contributed by atoms with E-state index in [0.717, 1.165) is 22.3 Å². The van der Waals surface area contributed by atoms with E-state index in [4.69, 9.17) is 4.42 Å². The number of furan rings is 1. The van der Waals surface area contributed by atoms with Crippen LogP contribution in [0.2, 0.25) is 0 Å². The second-order valence-corrected chi connectivity index (χ2v) is 5.31. The third-order valence-corrected chi connectivity index (χ3v) is 3.58. The van der Waals surface area contributed by atoms with Crippen LogP contribution in [0, 0.1) is 6.92 Å². The lowest BCUT2D eigenvalue weighted by atomic mass is 10.1. The first kappa shape index (κ1) is 14.2. The average Bonchev–Trinajstić information content (AvgIpc) is 3.03. The summed E-state index contributed by atoms with van der Waals surface area (Å²) >= 11 is 0. The van der Waals surface area contributed by atoms with Crippen molar-refractivity contribution < 1.29 is 9.21 Å². The third kappa shape index (κ3) is 2.67. The molecule has 6 nitrogen and oxygen atoms in total. The van der Waals surface area contributed by atoms with Crippen LogP contribution in [-0.2, 0) is 7.05 Å². The molecule has 2 aromatic heterocycles. The Morgan fingerprint density at radius 2 is 2.14 bits per heavy atom. The number of hydrogen-bond acceptors (Lipinski definition) is 3. The van der Waals surface area contributed by atoms with E-state index in [2.05, 4.69) is 15.7 Å². The number of hydrogen-bond donors (Lipinski definition) is 2. The van der Waals surface area contributed by atoms with E-state index in [9.17, 15) is 4.79 Å². The predicted octanol–water partition coefficient (Wildman–Crippen LogP) is 3.36. The molecule has 0 aliphatic rings. The number of anilines is 1. The van der Waals surface area contributed by atoms with Crippen LogP contribution in [0.4, 0.5) is 10.5 Å². The summed E-state index contributed by atoms with van der Waals surface area (Å²) < 4.78 is 7.48. The van der Waals surface area contributed by atoms with Crippen LogP contribution in [0.5, 0.6) is 0 Å². The first-order valence-corrected chi connectivity index (χ1v) is 7.09. The van der Waals surface area contributed by atoms with E-state index < -0.39 is 0 Å². The molecule has 0 spiro atoms. The molecule has 3 aromatic rings. The third-order valence-electron chi connectivity index (χ3n) is 3.58. The molecule has 2 heterocycles. The number of fused-ring (bicyclic) bond motifs is 1. The number of benzene rings is 1. The van der Waals surface area contributed by atoms with Crippen molar-refractivity contribution >= 4 is 22.7 Å². The van der Waals surface area contributed by atoms with Gasteiger partial charge >= 0.3 is 6.03 Å². The van der Waals surface area contributed by atoms with Gasteiger partial charge in [-0.2, -0.15) is 5.10 Å². The minimum absolute atomic E-state index is 0.232. The van der Waals surface area contributed by atoms with E-state index >= 15 is 0 Å². The van der Waals surface area contributed by atoms with Gasteiger partial charge in [0.05, 0.1) is 17.9 Å². The molecule has 0 aliphatic carbocycles. The number of amides is 2. The van der Waals surface area contributed by atoms with Gasteiger partial charge in [0.2, 0.25) is 0 Å². The fourth-order valence-corrected chi connectivity index (χ4v) is 2.52. The van der Waals surface area contributed by atoms with Gasteiger partial charge in [0, 0.05) is 24.2 Å². The zero-order valence-corrected chi connectivity index (χ0v) is 12.8. The average molecular weight is 298 g/mol. The standard InChI is InChI=1S/C16H18N4O2/c1-10-13-6-4-5-7-14(13)22-15(10)11(2)18-16(21)19-12-8-17-20(3)9-12/h4-9,11H,1-3H3,(H2,18,19,21). The number of rotatable bonds is 3. The van der Waals surface area contributed by atoms with Gasteiger partial charge in [0.15, 0.2) is 0 Å². The molecule has 1 aromatic carbocycles. The number of carbonyl (C=O) groups excluding carboxylic acids is 1. The summed E-state index contributed by atoms with van der Waals surface area (Å²) in [6.07, 6.45) is 3.33. The summed E-state index contributed by atoms with van der Waals surface area (Å²) in [5.74, 6) is 0.766. The van der Waals surface area contributed by atoms with Gasteiger partial charge in [0.1, 0.15) is 11.3 Å². The fourth-order valence-electron chi connectivity index (χ4n) is 2.52. The molecule has 2 N–H and O–H groups in total. The summed E-state index contributed by atoms with van der Waals surface area (Å²) in [6.45, 7) is 3.89. The van der Waals surface area contributed by atoms with Crippen LogP contribution in [0.1, 0.15) is 24.3 Å². The summed E-state index contributed by atoms with van der Waals surface area (Å²) in [6, 6.07) is 7.32. The zero-order valence-electron chi connectivity index (χ0n) is 12.8. The lowest BCUT2D eigenvalue weighted by Gasteiger charge is -2.12. The Hall–Kier alpha value is -2.76. The Kier molecular flexibility index (Phi) is 3.58. The van der Waals surface area contributed by atoms with Crippen LogP contribution in [0.3, 0.4) is 0 Å². The maximum atomic E-state index is 12.0. The highest BCUT2D eigenvalue weighted by Gasteiger charge is 2.18. The van der Waals surface area contributed by atoms with Gasteiger partial charge in [-0.1, -0.05) is 18.2 Å². The monoisotopic (exact) mass is 298 g/mol. The molecule has 0 saturated heterocycles. The minimum Gasteiger partial charge on any atom is -0.459 e. The zero-order chi connectivity index (χ0) is 15.7. The number of urea groups is 1. The van der Waals surface area contributed by atoms with E-state index in [1.165, 1.54) is 0 Å². The molecule has 1 atom stereocenters. The van der Waals surface area contributed by atoms with Crippen LogP contribution in [0.15, 0.2) is 41.1 Å². The van der Waals surface area contributed by atoms with Gasteiger partial charge in [-0.05, 0) is 19.9 Å². The largest absolute Gasteiger partial charge is 0.459 e. The van der Waals surface area contributed by atoms with Crippen molar-refractivity contribution in [3.8, 4) is 0 Å². The molecule has 22 heavy (non-hydrogen) atoms. The fraction of sp³-hybridized carbons (Fsp3) is 0.250. The quantitative estimate of drug-likeness (QED) is 0.778. The summed E-state index contributed by atoms with van der Waals surface area (Å²) in [5, 5.41) is 10.7. The Morgan fingerprint density at radius 3 is 2.82 bits per heavy atom. The smallest absolute Gasteiger partial charge is 0.319 e. The van der Waals surface area contributed by atoms with Gasteiger partial charge in [-0.3, -0.25) is 4.68 Å². The van der Waals surface area contributed by atoms with Crippen LogP contribution >= 0.6 is 0 Å². The van der Waals surface area contributed by atoms with E-state index in [1.54, 1.807) is 24.1 Å². The van der Waals surface area contributed by atoms with Crippen molar-refractivity contribution in [2.24, 2.45) is 7.05 Å². The van der Waals surface area contributed by atoms with Crippen molar-refractivity contribution in [2.75, 3.05) is 5.32 Å². The van der Waals surface area contributed by atoms with Crippen molar-refractivity contribution in [2.45, 2.75) is 19.9 Å². The number of nitrogens with one attached hydrogen (secondary N) is 2. The van der Waals surface area contributed by atoms with E-state index in [0.29, 0.717) is 5.69 Å². The van der Waals surface area contributed by atoms with Crippen molar-refractivity contribution in [1.29, 1.82) is 0 Å². The molecule has 0 radical (unpaired) electrons. The Balaban J connectivity index is 1.74. The lowest BCUT2D eigenvalue weighted by molar-refractivity contribution is 0.248. The topological polar surface area (TPSA) is 72.1 Å². The minimum atomic E-state index is -0.291. The normalized spacial score (nSPS) is 12.3. The molecule has 0 saturated carbocycles. The molecular formula is C16H18N4O2. The number of para-hydroxylation sites is 1. The van der Waals surface area contributed by atoms with Gasteiger partial charge in [-0.25, -0.2) is 4.79 Å². The van der Waals surface area contributed by atoms with Gasteiger partial charge < -0.3 is 15.1 Å². The predicted molar refractivity (Wildman–Crippen MR) is 84.7 cm³/mol. The van der Waals surface area contributed by atoms with Crippen LogP contribution in [-0.4, -0.2) is 15.8 Å². The van der Waals surface area contributed by atoms with E-state index in [-0.39, 0.29) is 12.1 Å². The Morgan fingerprint density at radius 1 is 1.36 bits per heavy atom. The van der Waals surface area contributed by atoms with Crippen molar-refractivity contribution in [1.82, 2.24) is 15.1 Å². The molecule has 114 valence electrons. The summed E-state index contributed by atoms with van der Waals surface area (Å²) in [7, 11) is 1.80. The van der Waals surface area contributed by atoms with Crippen molar-refractivity contribution in [3.05, 3.63) is 48.0 Å². The number of carbonyl (C=O) groups is 1. The lowest BCUT2D eigenvalue weighted by Crippen LogP contribution is -2.31. The molecule has 3 rings (SSSR count). The second kappa shape index (κ2) is 5.55. The summed E-state index contributed by atoms with van der Waals surface area (Å²) in [4.78, 5) is 12.0. The molecule has 0 aliphatic heterocycles. The highest BCUT2D eigenvalue weighted by Crippen LogP contribution is 2.29. The maximum absolute atomic E-state index is 12.0. The number of aryl methyl sites for hydroxylation is 2. The van der Waals surface area contributed by atoms with Crippen molar-refractivity contribution in [3.63, 3.8) is 0 Å². The Bertz CT molecular complexity index is 819. The number of aromatic nitrogens is 2. The second-order valence-electron chi connectivity index (χ2n) is 5.31. The molecular weight excluding hydrogens is 280 g/mol. The molecule has 6 heteroatoms. The molecule has 0 bridgehead atoms. The number of nitrogens with zero attached hydrogens (tertiary/aromatic N) is 2. The first-order valence-electron chi connectivity index (χ1n) is 7.09. The van der Waals surface area contributed by atoms with Gasteiger partial charge in [0.25, 0.3) is 0 Å². The SMILES string of the molecule is Cc1c(C(C)NC(=O)Nc2cnn(C)c2)oc2ccccc12.